The standard InChI is InChI=1S/C13H11N3O4S/c17-12-6-5-9(7-14-12)21(19,20)16-8-13(18)15-10-3-1-2-4-11(10)16/h1-7H,8H2,(H,14,17)(H,15,18). The van der Waals surface area contributed by atoms with Crippen LogP contribution in [0.5, 0.6) is 0 Å². The molecule has 0 spiro atoms. The number of aromatic amines is 1. The molecule has 1 aromatic carbocycles. The summed E-state index contributed by atoms with van der Waals surface area (Å²) in [7, 11) is -3.92. The van der Waals surface area contributed by atoms with E-state index in [1.165, 1.54) is 6.07 Å². The Morgan fingerprint density at radius 1 is 1.05 bits per heavy atom. The van der Waals surface area contributed by atoms with Crippen LogP contribution in [0.1, 0.15) is 0 Å². The average molecular weight is 305 g/mol. The van der Waals surface area contributed by atoms with Crippen LogP contribution in [0.4, 0.5) is 11.4 Å². The van der Waals surface area contributed by atoms with Crippen LogP contribution in [-0.2, 0) is 14.8 Å². The van der Waals surface area contributed by atoms with E-state index in [1.807, 2.05) is 0 Å². The Hall–Kier alpha value is -2.61. The molecule has 0 aliphatic carbocycles. The molecule has 2 N–H and O–H groups in total. The van der Waals surface area contributed by atoms with E-state index in [0.29, 0.717) is 11.4 Å². The van der Waals surface area contributed by atoms with Gasteiger partial charge >= 0.3 is 0 Å². The van der Waals surface area contributed by atoms with Gasteiger partial charge in [0.1, 0.15) is 11.4 Å². The molecule has 0 saturated heterocycles. The van der Waals surface area contributed by atoms with Gasteiger partial charge in [-0.1, -0.05) is 12.1 Å². The van der Waals surface area contributed by atoms with E-state index in [-0.39, 0.29) is 11.4 Å². The van der Waals surface area contributed by atoms with Gasteiger partial charge in [0, 0.05) is 12.3 Å². The van der Waals surface area contributed by atoms with E-state index in [9.17, 15) is 18.0 Å². The number of carbonyl (C=O) groups is 1. The van der Waals surface area contributed by atoms with E-state index < -0.39 is 21.5 Å². The van der Waals surface area contributed by atoms with Crippen LogP contribution >= 0.6 is 0 Å². The summed E-state index contributed by atoms with van der Waals surface area (Å²) < 4.78 is 26.3. The maximum atomic E-state index is 12.6. The van der Waals surface area contributed by atoms with Gasteiger partial charge in [-0.3, -0.25) is 13.9 Å². The van der Waals surface area contributed by atoms with E-state index in [2.05, 4.69) is 10.3 Å². The summed E-state index contributed by atoms with van der Waals surface area (Å²) in [4.78, 5) is 25.0. The number of anilines is 2. The van der Waals surface area contributed by atoms with Crippen molar-refractivity contribution >= 4 is 27.3 Å². The highest BCUT2D eigenvalue weighted by Gasteiger charge is 2.32. The van der Waals surface area contributed by atoms with Crippen molar-refractivity contribution in [3.8, 4) is 0 Å². The summed E-state index contributed by atoms with van der Waals surface area (Å²) >= 11 is 0. The second kappa shape index (κ2) is 4.74. The monoisotopic (exact) mass is 305 g/mol. The van der Waals surface area contributed by atoms with Gasteiger partial charge in [0.05, 0.1) is 11.4 Å². The van der Waals surface area contributed by atoms with Gasteiger partial charge < -0.3 is 10.3 Å². The summed E-state index contributed by atoms with van der Waals surface area (Å²) in [5.41, 5.74) is 0.427. The van der Waals surface area contributed by atoms with Crippen molar-refractivity contribution in [1.82, 2.24) is 4.98 Å². The van der Waals surface area contributed by atoms with Gasteiger partial charge in [-0.15, -0.1) is 0 Å². The zero-order valence-corrected chi connectivity index (χ0v) is 11.6. The highest BCUT2D eigenvalue weighted by Crippen LogP contribution is 2.32. The smallest absolute Gasteiger partial charge is 0.266 e. The fourth-order valence-electron chi connectivity index (χ4n) is 2.10. The van der Waals surface area contributed by atoms with Crippen molar-refractivity contribution in [1.29, 1.82) is 0 Å². The molecule has 0 saturated carbocycles. The summed E-state index contributed by atoms with van der Waals surface area (Å²) in [5, 5.41) is 2.62. The van der Waals surface area contributed by atoms with E-state index in [0.717, 1.165) is 16.6 Å². The normalized spacial score (nSPS) is 14.5. The number of aromatic nitrogens is 1. The minimum absolute atomic E-state index is 0.0772. The number of sulfonamides is 1. The summed E-state index contributed by atoms with van der Waals surface area (Å²) in [6.07, 6.45) is 1.12. The molecule has 8 heteroatoms. The highest BCUT2D eigenvalue weighted by atomic mass is 32.2. The first-order valence-corrected chi connectivity index (χ1v) is 7.53. The molecular formula is C13H11N3O4S. The molecule has 0 atom stereocenters. The van der Waals surface area contributed by atoms with Crippen LogP contribution in [0.2, 0.25) is 0 Å². The zero-order valence-electron chi connectivity index (χ0n) is 10.7. The SMILES string of the molecule is O=C1CN(S(=O)(=O)c2ccc(=O)[nH]c2)c2ccccc2N1. The third kappa shape index (κ3) is 2.29. The number of para-hydroxylation sites is 2. The number of hydrogen-bond donors (Lipinski definition) is 2. The summed E-state index contributed by atoms with van der Waals surface area (Å²) in [5.74, 6) is -0.415. The molecule has 108 valence electrons. The molecule has 0 unspecified atom stereocenters. The van der Waals surface area contributed by atoms with Crippen LogP contribution < -0.4 is 15.2 Å². The Morgan fingerprint density at radius 3 is 2.52 bits per heavy atom. The largest absolute Gasteiger partial charge is 0.328 e. The summed E-state index contributed by atoms with van der Waals surface area (Å²) in [6, 6.07) is 8.97. The van der Waals surface area contributed by atoms with Gasteiger partial charge in [-0.05, 0) is 18.2 Å². The predicted octanol–water partition coefficient (Wildman–Crippen LogP) is 0.522. The number of nitrogens with zero attached hydrogens (tertiary/aromatic N) is 1. The lowest BCUT2D eigenvalue weighted by atomic mass is 10.2. The van der Waals surface area contributed by atoms with Crippen molar-refractivity contribution in [3.63, 3.8) is 0 Å². The Labute approximate surface area is 120 Å². The van der Waals surface area contributed by atoms with Gasteiger partial charge in [-0.25, -0.2) is 8.42 Å². The molecule has 21 heavy (non-hydrogen) atoms. The molecule has 3 rings (SSSR count). The van der Waals surface area contributed by atoms with E-state index in [4.69, 9.17) is 0 Å². The maximum absolute atomic E-state index is 12.6. The second-order valence-electron chi connectivity index (χ2n) is 4.47. The lowest BCUT2D eigenvalue weighted by Crippen LogP contribution is -2.42. The third-order valence-corrected chi connectivity index (χ3v) is 4.83. The Kier molecular flexibility index (Phi) is 3.02. The van der Waals surface area contributed by atoms with Crippen molar-refractivity contribution in [3.05, 3.63) is 52.9 Å². The molecular weight excluding hydrogens is 294 g/mol. The minimum Gasteiger partial charge on any atom is -0.328 e. The predicted molar refractivity (Wildman–Crippen MR) is 76.7 cm³/mol. The van der Waals surface area contributed by atoms with Crippen LogP contribution in [0.15, 0.2) is 52.3 Å². The fraction of sp³-hybridized carbons (Fsp3) is 0.0769. The first-order valence-electron chi connectivity index (χ1n) is 6.09. The highest BCUT2D eigenvalue weighted by molar-refractivity contribution is 7.92. The van der Waals surface area contributed by atoms with Crippen LogP contribution in [0.25, 0.3) is 0 Å². The number of amides is 1. The van der Waals surface area contributed by atoms with Crippen molar-refractivity contribution in [2.75, 3.05) is 16.2 Å². The van der Waals surface area contributed by atoms with Crippen LogP contribution in [-0.4, -0.2) is 25.9 Å². The van der Waals surface area contributed by atoms with Gasteiger partial charge in [0.25, 0.3) is 10.0 Å². The third-order valence-electron chi connectivity index (χ3n) is 3.08. The molecule has 0 fully saturated rings. The number of rotatable bonds is 2. The molecule has 0 radical (unpaired) electrons. The first kappa shape index (κ1) is 13.4. The first-order chi connectivity index (χ1) is 9.98. The fourth-order valence-corrected chi connectivity index (χ4v) is 3.51. The van der Waals surface area contributed by atoms with E-state index >= 15 is 0 Å². The van der Waals surface area contributed by atoms with Gasteiger partial charge in [0.15, 0.2) is 0 Å². The number of H-pyrrole nitrogens is 1. The minimum atomic E-state index is -3.92. The number of hydrogen-bond acceptors (Lipinski definition) is 4. The van der Waals surface area contributed by atoms with Gasteiger partial charge in [0.2, 0.25) is 11.5 Å². The lowest BCUT2D eigenvalue weighted by Gasteiger charge is -2.29. The van der Waals surface area contributed by atoms with Crippen LogP contribution in [0.3, 0.4) is 0 Å². The molecule has 1 aromatic heterocycles. The number of benzene rings is 1. The van der Waals surface area contributed by atoms with E-state index in [1.54, 1.807) is 24.3 Å². The molecule has 2 aromatic rings. The Bertz CT molecular complexity index is 852. The lowest BCUT2D eigenvalue weighted by molar-refractivity contribution is -0.115. The quantitative estimate of drug-likeness (QED) is 0.845. The van der Waals surface area contributed by atoms with Gasteiger partial charge in [-0.2, -0.15) is 0 Å². The van der Waals surface area contributed by atoms with Crippen molar-refractivity contribution < 1.29 is 13.2 Å². The average Bonchev–Trinajstić information content (AvgIpc) is 2.46. The number of pyridine rings is 1. The van der Waals surface area contributed by atoms with Crippen LogP contribution in [0, 0.1) is 0 Å². The molecule has 1 aliphatic rings. The Balaban J connectivity index is 2.13. The van der Waals surface area contributed by atoms with Crippen molar-refractivity contribution in [2.45, 2.75) is 4.90 Å². The second-order valence-corrected chi connectivity index (χ2v) is 6.33. The molecule has 2 heterocycles. The number of fused-ring (bicyclic) bond motifs is 1. The molecule has 7 nitrogen and oxygen atoms in total. The number of nitrogens with one attached hydrogen (secondary N) is 2. The number of carbonyl (C=O) groups excluding carboxylic acids is 1. The molecule has 1 amide bonds. The summed E-state index contributed by atoms with van der Waals surface area (Å²) in [6.45, 7) is -0.307. The maximum Gasteiger partial charge on any atom is 0.266 e. The van der Waals surface area contributed by atoms with Crippen molar-refractivity contribution in [2.24, 2.45) is 0 Å². The molecule has 0 bridgehead atoms. The molecule has 1 aliphatic heterocycles. The Morgan fingerprint density at radius 2 is 1.81 bits per heavy atom. The topological polar surface area (TPSA) is 99.3 Å². The zero-order chi connectivity index (χ0) is 15.0.